The first-order valence-corrected chi connectivity index (χ1v) is 6.76. The molecule has 2 amide bonds. The van der Waals surface area contributed by atoms with Gasteiger partial charge in [-0.05, 0) is 45.8 Å². The number of nitrogens with zero attached hydrogens (tertiary/aromatic N) is 1. The lowest BCUT2D eigenvalue weighted by Gasteiger charge is -2.08. The van der Waals surface area contributed by atoms with Gasteiger partial charge in [0.05, 0.1) is 7.11 Å². The van der Waals surface area contributed by atoms with Crippen molar-refractivity contribution in [2.75, 3.05) is 12.4 Å². The average molecular weight is 336 g/mol. The zero-order chi connectivity index (χ0) is 14.4. The predicted octanol–water partition coefficient (Wildman–Crippen LogP) is 3.17. The van der Waals surface area contributed by atoms with Crippen LogP contribution in [0.1, 0.15) is 5.56 Å². The van der Waals surface area contributed by atoms with E-state index < -0.39 is 0 Å². The van der Waals surface area contributed by atoms with Crippen LogP contribution < -0.4 is 15.4 Å². The van der Waals surface area contributed by atoms with E-state index in [1.54, 1.807) is 19.4 Å². The third-order valence-electron chi connectivity index (χ3n) is 2.56. The van der Waals surface area contributed by atoms with E-state index in [1.807, 2.05) is 30.3 Å². The summed E-state index contributed by atoms with van der Waals surface area (Å²) in [4.78, 5) is 15.8. The minimum absolute atomic E-state index is 0.303. The van der Waals surface area contributed by atoms with Gasteiger partial charge in [-0.2, -0.15) is 0 Å². The highest BCUT2D eigenvalue weighted by atomic mass is 79.9. The molecule has 20 heavy (non-hydrogen) atoms. The molecule has 0 aliphatic heterocycles. The van der Waals surface area contributed by atoms with Gasteiger partial charge in [0, 0.05) is 17.2 Å². The first-order chi connectivity index (χ1) is 9.67. The number of methoxy groups -OCH3 is 1. The first kappa shape index (κ1) is 14.3. The van der Waals surface area contributed by atoms with Gasteiger partial charge < -0.3 is 10.1 Å². The Morgan fingerprint density at radius 1 is 1.35 bits per heavy atom. The minimum atomic E-state index is -0.303. The lowest BCUT2D eigenvalue weighted by molar-refractivity contribution is 0.251. The Morgan fingerprint density at radius 2 is 2.20 bits per heavy atom. The fraction of sp³-hybridized carbons (Fsp3) is 0.143. The number of pyridine rings is 1. The maximum atomic E-state index is 11.7. The summed E-state index contributed by atoms with van der Waals surface area (Å²) in [5.74, 6) is 1.26. The Kier molecular flexibility index (Phi) is 4.95. The summed E-state index contributed by atoms with van der Waals surface area (Å²) in [6.07, 6.45) is 1.62. The topological polar surface area (TPSA) is 63.2 Å². The molecule has 1 aromatic carbocycles. The summed E-state index contributed by atoms with van der Waals surface area (Å²) in [6, 6.07) is 10.8. The fourth-order valence-corrected chi connectivity index (χ4v) is 1.81. The van der Waals surface area contributed by atoms with Crippen molar-refractivity contribution in [3.05, 3.63) is 52.6 Å². The van der Waals surface area contributed by atoms with E-state index in [0.717, 1.165) is 15.8 Å². The summed E-state index contributed by atoms with van der Waals surface area (Å²) in [7, 11) is 1.61. The van der Waals surface area contributed by atoms with Crippen LogP contribution in [0.25, 0.3) is 0 Å². The van der Waals surface area contributed by atoms with Crippen molar-refractivity contribution < 1.29 is 9.53 Å². The zero-order valence-corrected chi connectivity index (χ0v) is 12.5. The fourth-order valence-electron chi connectivity index (χ4n) is 1.58. The van der Waals surface area contributed by atoms with E-state index in [0.29, 0.717) is 12.4 Å². The van der Waals surface area contributed by atoms with Crippen molar-refractivity contribution in [2.45, 2.75) is 6.54 Å². The third-order valence-corrected chi connectivity index (χ3v) is 3.03. The van der Waals surface area contributed by atoms with Crippen molar-refractivity contribution >= 4 is 27.8 Å². The van der Waals surface area contributed by atoms with Crippen molar-refractivity contribution in [3.8, 4) is 5.75 Å². The monoisotopic (exact) mass is 335 g/mol. The zero-order valence-electron chi connectivity index (χ0n) is 10.9. The van der Waals surface area contributed by atoms with E-state index >= 15 is 0 Å². The highest BCUT2D eigenvalue weighted by molar-refractivity contribution is 9.10. The molecule has 6 heteroatoms. The van der Waals surface area contributed by atoms with E-state index in [2.05, 4.69) is 31.5 Å². The summed E-state index contributed by atoms with van der Waals surface area (Å²) >= 11 is 3.28. The van der Waals surface area contributed by atoms with Gasteiger partial charge in [-0.3, -0.25) is 5.32 Å². The van der Waals surface area contributed by atoms with Crippen LogP contribution in [-0.2, 0) is 6.54 Å². The summed E-state index contributed by atoms with van der Waals surface area (Å²) in [6.45, 7) is 0.416. The van der Waals surface area contributed by atoms with Crippen molar-refractivity contribution in [3.63, 3.8) is 0 Å². The summed E-state index contributed by atoms with van der Waals surface area (Å²) < 4.78 is 5.99. The maximum absolute atomic E-state index is 11.7. The lowest BCUT2D eigenvalue weighted by atomic mass is 10.2. The van der Waals surface area contributed by atoms with Gasteiger partial charge in [0.2, 0.25) is 0 Å². The van der Waals surface area contributed by atoms with Crippen LogP contribution >= 0.6 is 15.9 Å². The SMILES string of the molecule is COc1cccc(CNC(=O)Nc2ccc(Br)cn2)c1. The van der Waals surface area contributed by atoms with Gasteiger partial charge in [0.25, 0.3) is 0 Å². The molecule has 0 saturated heterocycles. The molecular formula is C14H14BrN3O2. The predicted molar refractivity (Wildman–Crippen MR) is 80.8 cm³/mol. The average Bonchev–Trinajstić information content (AvgIpc) is 2.48. The van der Waals surface area contributed by atoms with Crippen LogP contribution in [0.5, 0.6) is 5.75 Å². The Balaban J connectivity index is 1.87. The second-order valence-electron chi connectivity index (χ2n) is 4.02. The number of benzene rings is 1. The molecule has 1 aromatic heterocycles. The number of hydrogen-bond donors (Lipinski definition) is 2. The Labute approximate surface area is 125 Å². The van der Waals surface area contributed by atoms with Crippen LogP contribution in [0.2, 0.25) is 0 Å². The first-order valence-electron chi connectivity index (χ1n) is 5.97. The van der Waals surface area contributed by atoms with Crippen LogP contribution in [-0.4, -0.2) is 18.1 Å². The minimum Gasteiger partial charge on any atom is -0.497 e. The molecule has 0 bridgehead atoms. The van der Waals surface area contributed by atoms with Crippen LogP contribution in [0.15, 0.2) is 47.1 Å². The second kappa shape index (κ2) is 6.91. The number of carbonyl (C=O) groups is 1. The molecule has 0 spiro atoms. The van der Waals surface area contributed by atoms with Gasteiger partial charge in [0.15, 0.2) is 0 Å². The number of aromatic nitrogens is 1. The Bertz CT molecular complexity index is 587. The third kappa shape index (κ3) is 4.24. The number of nitrogens with one attached hydrogen (secondary N) is 2. The largest absolute Gasteiger partial charge is 0.497 e. The standard InChI is InChI=1S/C14H14BrN3O2/c1-20-12-4-2-3-10(7-12)8-17-14(19)18-13-6-5-11(15)9-16-13/h2-7,9H,8H2,1H3,(H2,16,17,18,19). The van der Waals surface area contributed by atoms with Crippen molar-refractivity contribution in [1.82, 2.24) is 10.3 Å². The highest BCUT2D eigenvalue weighted by Crippen LogP contribution is 2.12. The highest BCUT2D eigenvalue weighted by Gasteiger charge is 2.03. The van der Waals surface area contributed by atoms with Crippen LogP contribution in [0.4, 0.5) is 10.6 Å². The molecule has 0 saturated carbocycles. The number of carbonyl (C=O) groups excluding carboxylic acids is 1. The number of hydrogen-bond acceptors (Lipinski definition) is 3. The van der Waals surface area contributed by atoms with E-state index in [1.165, 1.54) is 0 Å². The van der Waals surface area contributed by atoms with Gasteiger partial charge in [0.1, 0.15) is 11.6 Å². The number of anilines is 1. The van der Waals surface area contributed by atoms with Gasteiger partial charge >= 0.3 is 6.03 Å². The Hall–Kier alpha value is -2.08. The summed E-state index contributed by atoms with van der Waals surface area (Å²) in [5, 5.41) is 5.41. The number of rotatable bonds is 4. The molecule has 0 fully saturated rings. The molecule has 2 N–H and O–H groups in total. The number of ether oxygens (including phenoxy) is 1. The summed E-state index contributed by atoms with van der Waals surface area (Å²) in [5.41, 5.74) is 0.961. The quantitative estimate of drug-likeness (QED) is 0.901. The van der Waals surface area contributed by atoms with Crippen molar-refractivity contribution in [1.29, 1.82) is 0 Å². The second-order valence-corrected chi connectivity index (χ2v) is 4.94. The molecule has 2 aromatic rings. The maximum Gasteiger partial charge on any atom is 0.320 e. The van der Waals surface area contributed by atoms with E-state index in [4.69, 9.17) is 4.74 Å². The van der Waals surface area contributed by atoms with Gasteiger partial charge in [-0.25, -0.2) is 9.78 Å². The Morgan fingerprint density at radius 3 is 2.90 bits per heavy atom. The molecule has 104 valence electrons. The van der Waals surface area contributed by atoms with E-state index in [9.17, 15) is 4.79 Å². The smallest absolute Gasteiger partial charge is 0.320 e. The molecule has 5 nitrogen and oxygen atoms in total. The van der Waals surface area contributed by atoms with Crippen LogP contribution in [0.3, 0.4) is 0 Å². The molecule has 0 unspecified atom stereocenters. The number of amides is 2. The molecule has 0 atom stereocenters. The van der Waals surface area contributed by atoms with Crippen LogP contribution in [0, 0.1) is 0 Å². The number of halogens is 1. The molecular weight excluding hydrogens is 322 g/mol. The van der Waals surface area contributed by atoms with E-state index in [-0.39, 0.29) is 6.03 Å². The van der Waals surface area contributed by atoms with Crippen molar-refractivity contribution in [2.24, 2.45) is 0 Å². The lowest BCUT2D eigenvalue weighted by Crippen LogP contribution is -2.28. The normalized spacial score (nSPS) is 9.90. The molecule has 2 rings (SSSR count). The molecule has 0 aliphatic carbocycles. The van der Waals surface area contributed by atoms with Gasteiger partial charge in [-0.1, -0.05) is 12.1 Å². The number of urea groups is 1. The van der Waals surface area contributed by atoms with Gasteiger partial charge in [-0.15, -0.1) is 0 Å². The molecule has 0 aliphatic rings. The molecule has 1 heterocycles. The molecule has 0 radical (unpaired) electrons.